The van der Waals surface area contributed by atoms with Gasteiger partial charge in [0.25, 0.3) is 0 Å². The molecule has 0 radical (unpaired) electrons. The molecule has 9 aromatic carbocycles. The van der Waals surface area contributed by atoms with Crippen molar-refractivity contribution in [2.45, 2.75) is 38.5 Å². The lowest BCUT2D eigenvalue weighted by Gasteiger charge is -2.32. The molecular weight excluding hydrogens is 649 g/mol. The highest BCUT2D eigenvalue weighted by atomic mass is 14.5. The van der Waals surface area contributed by atoms with E-state index >= 15 is 0 Å². The molecule has 9 aromatic rings. The maximum atomic E-state index is 2.50. The maximum Gasteiger partial charge on any atom is 0.0165 e. The highest BCUT2D eigenvalue weighted by molar-refractivity contribution is 6.10. The Hall–Kier alpha value is -6.24. The summed E-state index contributed by atoms with van der Waals surface area (Å²) in [5.74, 6) is 0. The molecule has 0 atom stereocenters. The van der Waals surface area contributed by atoms with E-state index in [-0.39, 0.29) is 10.8 Å². The third kappa shape index (κ3) is 4.32. The van der Waals surface area contributed by atoms with E-state index in [1.54, 1.807) is 0 Å². The van der Waals surface area contributed by atoms with Crippen molar-refractivity contribution in [1.82, 2.24) is 0 Å². The number of hydrogen-bond donors (Lipinski definition) is 0. The summed E-state index contributed by atoms with van der Waals surface area (Å²) in [6.07, 6.45) is 0. The normalized spacial score (nSPS) is 14.6. The molecule has 0 spiro atoms. The van der Waals surface area contributed by atoms with Crippen molar-refractivity contribution in [3.63, 3.8) is 0 Å². The van der Waals surface area contributed by atoms with Gasteiger partial charge in [-0.3, -0.25) is 0 Å². The summed E-state index contributed by atoms with van der Waals surface area (Å²) in [6, 6.07) is 63.9. The molecule has 2 aliphatic rings. The minimum absolute atomic E-state index is 0.214. The molecule has 0 amide bonds. The molecule has 2 aliphatic carbocycles. The summed E-state index contributed by atoms with van der Waals surface area (Å²) in [7, 11) is 0. The highest BCUT2D eigenvalue weighted by Crippen LogP contribution is 2.64. The highest BCUT2D eigenvalue weighted by Gasteiger charge is 2.47. The zero-order chi connectivity index (χ0) is 36.3. The van der Waals surface area contributed by atoms with Crippen LogP contribution in [0, 0.1) is 0 Å². The smallest absolute Gasteiger partial charge is 0.0165 e. The van der Waals surface area contributed by atoms with Crippen LogP contribution in [0.5, 0.6) is 0 Å². The second-order valence-corrected chi connectivity index (χ2v) is 16.5. The van der Waals surface area contributed by atoms with E-state index in [9.17, 15) is 0 Å². The van der Waals surface area contributed by atoms with Crippen LogP contribution in [-0.2, 0) is 10.8 Å². The Balaban J connectivity index is 1.29. The molecule has 0 heterocycles. The average Bonchev–Trinajstić information content (AvgIpc) is 3.59. The van der Waals surface area contributed by atoms with Gasteiger partial charge in [0, 0.05) is 10.8 Å². The van der Waals surface area contributed by atoms with Crippen molar-refractivity contribution in [1.29, 1.82) is 0 Å². The Morgan fingerprint density at radius 1 is 0.278 bits per heavy atom. The molecule has 0 nitrogen and oxygen atoms in total. The van der Waals surface area contributed by atoms with E-state index < -0.39 is 0 Å². The maximum absolute atomic E-state index is 2.50. The first-order chi connectivity index (χ1) is 26.3. The molecule has 0 saturated heterocycles. The Labute approximate surface area is 317 Å². The fourth-order valence-electron chi connectivity index (χ4n) is 10.1. The first kappa shape index (κ1) is 31.3. The molecule has 0 unspecified atom stereocenters. The van der Waals surface area contributed by atoms with E-state index in [0.717, 1.165) is 0 Å². The molecular formula is C54H40. The second-order valence-electron chi connectivity index (χ2n) is 16.5. The quantitative estimate of drug-likeness (QED) is 0.173. The lowest BCUT2D eigenvalue weighted by Crippen LogP contribution is -2.21. The van der Waals surface area contributed by atoms with Gasteiger partial charge in [0.2, 0.25) is 0 Å². The topological polar surface area (TPSA) is 0 Å². The van der Waals surface area contributed by atoms with Gasteiger partial charge >= 0.3 is 0 Å². The first-order valence-corrected chi connectivity index (χ1v) is 19.3. The number of benzene rings is 9. The minimum Gasteiger partial charge on any atom is -0.0619 e. The number of fused-ring (bicyclic) bond motifs is 9. The largest absolute Gasteiger partial charge is 0.0619 e. The third-order valence-electron chi connectivity index (χ3n) is 12.7. The molecule has 54 heavy (non-hydrogen) atoms. The predicted octanol–water partition coefficient (Wildman–Crippen LogP) is 14.8. The molecule has 0 bridgehead atoms. The summed E-state index contributed by atoms with van der Waals surface area (Å²) >= 11 is 0. The van der Waals surface area contributed by atoms with Gasteiger partial charge < -0.3 is 0 Å². The van der Waals surface area contributed by atoms with Crippen LogP contribution in [0.4, 0.5) is 0 Å². The summed E-state index contributed by atoms with van der Waals surface area (Å²) in [5, 5.41) is 7.62. The molecule has 256 valence electrons. The van der Waals surface area contributed by atoms with Gasteiger partial charge in [-0.1, -0.05) is 173 Å². The van der Waals surface area contributed by atoms with Crippen LogP contribution in [0.2, 0.25) is 0 Å². The van der Waals surface area contributed by atoms with Gasteiger partial charge in [0.15, 0.2) is 0 Å². The van der Waals surface area contributed by atoms with Crippen molar-refractivity contribution < 1.29 is 0 Å². The van der Waals surface area contributed by atoms with Crippen LogP contribution in [0.3, 0.4) is 0 Å². The van der Waals surface area contributed by atoms with Gasteiger partial charge in [-0.2, -0.15) is 0 Å². The Bertz CT molecular complexity index is 3040. The van der Waals surface area contributed by atoms with Gasteiger partial charge in [-0.25, -0.2) is 0 Å². The third-order valence-corrected chi connectivity index (χ3v) is 12.7. The van der Waals surface area contributed by atoms with Crippen LogP contribution < -0.4 is 0 Å². The van der Waals surface area contributed by atoms with Crippen LogP contribution in [0.15, 0.2) is 170 Å². The van der Waals surface area contributed by atoms with Crippen LogP contribution in [0.1, 0.15) is 49.9 Å². The first-order valence-electron chi connectivity index (χ1n) is 19.3. The summed E-state index contributed by atoms with van der Waals surface area (Å²) in [4.78, 5) is 0. The van der Waals surface area contributed by atoms with Crippen molar-refractivity contribution in [3.05, 3.63) is 192 Å². The van der Waals surface area contributed by atoms with E-state index in [4.69, 9.17) is 0 Å². The lowest BCUT2D eigenvalue weighted by molar-refractivity contribution is 0.643. The second kappa shape index (κ2) is 11.1. The Morgan fingerprint density at radius 3 is 1.24 bits per heavy atom. The minimum atomic E-state index is -0.274. The van der Waals surface area contributed by atoms with Crippen LogP contribution in [0.25, 0.3) is 88.0 Å². The number of rotatable bonds is 3. The monoisotopic (exact) mass is 688 g/mol. The predicted molar refractivity (Wildman–Crippen MR) is 230 cm³/mol. The van der Waals surface area contributed by atoms with E-state index in [1.165, 1.54) is 110 Å². The fourth-order valence-corrected chi connectivity index (χ4v) is 10.1. The zero-order valence-corrected chi connectivity index (χ0v) is 31.2. The van der Waals surface area contributed by atoms with Crippen LogP contribution in [-0.4, -0.2) is 0 Å². The van der Waals surface area contributed by atoms with Crippen LogP contribution >= 0.6 is 0 Å². The van der Waals surface area contributed by atoms with Crippen molar-refractivity contribution >= 4 is 32.3 Å². The van der Waals surface area contributed by atoms with Crippen molar-refractivity contribution in [3.8, 4) is 55.6 Å². The molecule has 0 aromatic heterocycles. The molecule has 0 saturated carbocycles. The van der Waals surface area contributed by atoms with Crippen molar-refractivity contribution in [2.75, 3.05) is 0 Å². The Morgan fingerprint density at radius 2 is 0.667 bits per heavy atom. The van der Waals surface area contributed by atoms with Crippen molar-refractivity contribution in [2.24, 2.45) is 0 Å². The SMILES string of the molecule is CC1(C)c2ccccc2-c2c(-c3ccc4ccccc4c3)c3c(c(-c4ccc5ccccc5c4)c21)C(C)(C)c1cc(-c2ccc4ccccc4c2)ccc1-3. The van der Waals surface area contributed by atoms with Gasteiger partial charge in [0.1, 0.15) is 0 Å². The molecule has 0 aliphatic heterocycles. The Kier molecular flexibility index (Phi) is 6.46. The van der Waals surface area contributed by atoms with Gasteiger partial charge in [-0.05, 0) is 134 Å². The zero-order valence-electron chi connectivity index (χ0n) is 31.2. The van der Waals surface area contributed by atoms with E-state index in [1.807, 2.05) is 0 Å². The molecule has 0 heteroatoms. The van der Waals surface area contributed by atoms with Gasteiger partial charge in [0.05, 0.1) is 0 Å². The summed E-state index contributed by atoms with van der Waals surface area (Å²) < 4.78 is 0. The van der Waals surface area contributed by atoms with E-state index in [2.05, 4.69) is 198 Å². The molecule has 0 N–H and O–H groups in total. The van der Waals surface area contributed by atoms with E-state index in [0.29, 0.717) is 0 Å². The summed E-state index contributed by atoms with van der Waals surface area (Å²) in [6.45, 7) is 9.84. The molecule has 11 rings (SSSR count). The lowest BCUT2D eigenvalue weighted by atomic mass is 9.70. The van der Waals surface area contributed by atoms with Gasteiger partial charge in [-0.15, -0.1) is 0 Å². The standard InChI is InChI=1S/C54H40/c1-53(2)45-20-12-11-19-43(45)49-47(41-25-22-34-14-6-9-17-37(34)30-41)50-44-28-27-40(39-24-21-33-13-5-8-16-36(33)29-39)32-46(44)54(3,4)52(50)48(51(49)53)42-26-23-35-15-7-10-18-38(35)31-42/h5-32H,1-4H3. The summed E-state index contributed by atoms with van der Waals surface area (Å²) in [5.41, 5.74) is 18.5. The molecule has 0 fully saturated rings. The average molecular weight is 689 g/mol. The fraction of sp³-hybridized carbons (Fsp3) is 0.111. The number of hydrogen-bond acceptors (Lipinski definition) is 0.